The summed E-state index contributed by atoms with van der Waals surface area (Å²) in [5, 5.41) is 12.0. The number of ether oxygens (including phenoxy) is 2. The Hall–Kier alpha value is -1.79. The molecular weight excluding hydrogens is 316 g/mol. The first kappa shape index (κ1) is 17.6. The molecule has 1 aromatic carbocycles. The first-order chi connectivity index (χ1) is 11.1. The summed E-state index contributed by atoms with van der Waals surface area (Å²) in [4.78, 5) is 0. The van der Waals surface area contributed by atoms with Gasteiger partial charge in [0.05, 0.1) is 24.3 Å². The van der Waals surface area contributed by atoms with Crippen LogP contribution >= 0.6 is 11.6 Å². The Labute approximate surface area is 141 Å². The molecule has 0 saturated heterocycles. The Morgan fingerprint density at radius 1 is 1.26 bits per heavy atom. The van der Waals surface area contributed by atoms with Gasteiger partial charge in [-0.1, -0.05) is 11.6 Å². The van der Waals surface area contributed by atoms with Crippen LogP contribution in [0.5, 0.6) is 11.5 Å². The van der Waals surface area contributed by atoms with E-state index in [2.05, 4.69) is 15.5 Å². The molecule has 2 rings (SSSR count). The van der Waals surface area contributed by atoms with Crippen LogP contribution in [-0.2, 0) is 13.6 Å². The molecule has 0 bridgehead atoms. The molecule has 1 atom stereocenters. The van der Waals surface area contributed by atoms with Gasteiger partial charge >= 0.3 is 0 Å². The number of aryl methyl sites for hydroxylation is 1. The molecule has 1 aromatic heterocycles. The quantitative estimate of drug-likeness (QED) is 0.801. The van der Waals surface area contributed by atoms with Crippen molar-refractivity contribution in [2.75, 3.05) is 13.2 Å². The smallest absolute Gasteiger partial charge is 0.179 e. The summed E-state index contributed by atoms with van der Waals surface area (Å²) in [7, 11) is 1.93. The largest absolute Gasteiger partial charge is 0.490 e. The first-order valence-corrected chi connectivity index (χ1v) is 8.09. The first-order valence-electron chi connectivity index (χ1n) is 7.72. The van der Waals surface area contributed by atoms with Crippen molar-refractivity contribution in [1.29, 1.82) is 0 Å². The highest BCUT2D eigenvalue weighted by atomic mass is 35.5. The van der Waals surface area contributed by atoms with Gasteiger partial charge in [0, 0.05) is 13.6 Å². The molecule has 126 valence electrons. The van der Waals surface area contributed by atoms with E-state index in [9.17, 15) is 0 Å². The van der Waals surface area contributed by atoms with Gasteiger partial charge in [-0.15, -0.1) is 10.2 Å². The zero-order valence-electron chi connectivity index (χ0n) is 14.0. The summed E-state index contributed by atoms with van der Waals surface area (Å²) in [5.74, 6) is 2.15. The molecule has 0 radical (unpaired) electrons. The second-order valence-electron chi connectivity index (χ2n) is 5.17. The summed E-state index contributed by atoms with van der Waals surface area (Å²) in [6.45, 7) is 7.64. The fourth-order valence-corrected chi connectivity index (χ4v) is 2.61. The van der Waals surface area contributed by atoms with Gasteiger partial charge in [0.25, 0.3) is 0 Å². The fourth-order valence-electron chi connectivity index (χ4n) is 2.32. The average molecular weight is 339 g/mol. The van der Waals surface area contributed by atoms with Gasteiger partial charge in [0.1, 0.15) is 12.2 Å². The van der Waals surface area contributed by atoms with Gasteiger partial charge in [-0.05, 0) is 38.5 Å². The van der Waals surface area contributed by atoms with Crippen molar-refractivity contribution in [3.05, 3.63) is 34.9 Å². The van der Waals surface area contributed by atoms with E-state index in [4.69, 9.17) is 21.1 Å². The SMILES string of the molecule is CCOc1cc(CN[C@H](C)c2nncn2C)cc(Cl)c1OCC. The monoisotopic (exact) mass is 338 g/mol. The normalized spacial score (nSPS) is 12.2. The Morgan fingerprint density at radius 2 is 2.00 bits per heavy atom. The van der Waals surface area contributed by atoms with Crippen LogP contribution in [0.3, 0.4) is 0 Å². The highest BCUT2D eigenvalue weighted by molar-refractivity contribution is 6.32. The molecule has 2 aromatic rings. The number of nitrogens with zero attached hydrogens (tertiary/aromatic N) is 3. The molecule has 0 aliphatic rings. The van der Waals surface area contributed by atoms with Crippen LogP contribution in [0, 0.1) is 0 Å². The van der Waals surface area contributed by atoms with E-state index in [0.717, 1.165) is 11.4 Å². The molecule has 0 spiro atoms. The van der Waals surface area contributed by atoms with E-state index in [1.807, 2.05) is 44.5 Å². The Bertz CT molecular complexity index is 645. The van der Waals surface area contributed by atoms with Crippen LogP contribution in [0.1, 0.15) is 38.2 Å². The maximum atomic E-state index is 6.33. The van der Waals surface area contributed by atoms with E-state index in [1.54, 1.807) is 6.33 Å². The number of benzene rings is 1. The standard InChI is InChI=1S/C16H23ClN4O2/c1-5-22-14-8-12(7-13(17)15(14)23-6-2)9-18-11(3)16-20-19-10-21(16)4/h7-8,10-11,18H,5-6,9H2,1-4H3/t11-/m1/s1. The summed E-state index contributed by atoms with van der Waals surface area (Å²) in [6, 6.07) is 3.92. The number of rotatable bonds is 8. The lowest BCUT2D eigenvalue weighted by molar-refractivity contribution is 0.287. The van der Waals surface area contributed by atoms with E-state index in [0.29, 0.717) is 36.3 Å². The highest BCUT2D eigenvalue weighted by Crippen LogP contribution is 2.36. The summed E-state index contributed by atoms with van der Waals surface area (Å²) in [6.07, 6.45) is 1.69. The molecule has 0 saturated carbocycles. The van der Waals surface area contributed by atoms with Crippen molar-refractivity contribution in [2.24, 2.45) is 7.05 Å². The van der Waals surface area contributed by atoms with Gasteiger partial charge in [-0.25, -0.2) is 0 Å². The van der Waals surface area contributed by atoms with Gasteiger partial charge in [-0.2, -0.15) is 0 Å². The third-order valence-corrected chi connectivity index (χ3v) is 3.68. The molecule has 6 nitrogen and oxygen atoms in total. The van der Waals surface area contributed by atoms with Crippen LogP contribution in [0.2, 0.25) is 5.02 Å². The van der Waals surface area contributed by atoms with Crippen molar-refractivity contribution >= 4 is 11.6 Å². The van der Waals surface area contributed by atoms with Crippen molar-refractivity contribution in [1.82, 2.24) is 20.1 Å². The predicted molar refractivity (Wildman–Crippen MR) is 90.0 cm³/mol. The molecule has 1 heterocycles. The Kier molecular flexibility index (Phi) is 6.24. The molecule has 23 heavy (non-hydrogen) atoms. The van der Waals surface area contributed by atoms with E-state index in [1.165, 1.54) is 0 Å². The Morgan fingerprint density at radius 3 is 2.61 bits per heavy atom. The zero-order valence-corrected chi connectivity index (χ0v) is 14.7. The second-order valence-corrected chi connectivity index (χ2v) is 5.58. The summed E-state index contributed by atoms with van der Waals surface area (Å²) < 4.78 is 13.1. The molecule has 1 N–H and O–H groups in total. The lowest BCUT2D eigenvalue weighted by Gasteiger charge is -2.16. The summed E-state index contributed by atoms with van der Waals surface area (Å²) in [5.41, 5.74) is 1.02. The minimum atomic E-state index is 0.0726. The van der Waals surface area contributed by atoms with Crippen molar-refractivity contribution < 1.29 is 9.47 Å². The van der Waals surface area contributed by atoms with Crippen LogP contribution in [0.4, 0.5) is 0 Å². The Balaban J connectivity index is 2.12. The molecule has 0 aliphatic carbocycles. The number of hydrogen-bond donors (Lipinski definition) is 1. The maximum Gasteiger partial charge on any atom is 0.179 e. The summed E-state index contributed by atoms with van der Waals surface area (Å²) >= 11 is 6.33. The van der Waals surface area contributed by atoms with Crippen LogP contribution < -0.4 is 14.8 Å². The maximum absolute atomic E-state index is 6.33. The van der Waals surface area contributed by atoms with Crippen LogP contribution in [0.25, 0.3) is 0 Å². The van der Waals surface area contributed by atoms with E-state index in [-0.39, 0.29) is 6.04 Å². The zero-order chi connectivity index (χ0) is 16.8. The molecular formula is C16H23ClN4O2. The van der Waals surface area contributed by atoms with Gasteiger partial charge in [0.2, 0.25) is 0 Å². The van der Waals surface area contributed by atoms with Crippen LogP contribution in [-0.4, -0.2) is 28.0 Å². The number of hydrogen-bond acceptors (Lipinski definition) is 5. The van der Waals surface area contributed by atoms with E-state index >= 15 is 0 Å². The molecule has 0 fully saturated rings. The topological polar surface area (TPSA) is 61.2 Å². The van der Waals surface area contributed by atoms with Crippen molar-refractivity contribution in [3.63, 3.8) is 0 Å². The fraction of sp³-hybridized carbons (Fsp3) is 0.500. The minimum Gasteiger partial charge on any atom is -0.490 e. The van der Waals surface area contributed by atoms with Crippen molar-refractivity contribution in [2.45, 2.75) is 33.4 Å². The number of nitrogens with one attached hydrogen (secondary N) is 1. The average Bonchev–Trinajstić information content (AvgIpc) is 2.95. The second kappa shape index (κ2) is 8.17. The molecule has 0 unspecified atom stereocenters. The molecule has 0 amide bonds. The van der Waals surface area contributed by atoms with Crippen LogP contribution in [0.15, 0.2) is 18.5 Å². The lowest BCUT2D eigenvalue weighted by atomic mass is 10.2. The third-order valence-electron chi connectivity index (χ3n) is 3.40. The molecule has 0 aliphatic heterocycles. The number of aromatic nitrogens is 3. The number of halogens is 1. The highest BCUT2D eigenvalue weighted by Gasteiger charge is 2.14. The van der Waals surface area contributed by atoms with E-state index < -0.39 is 0 Å². The van der Waals surface area contributed by atoms with Gasteiger partial charge in [0.15, 0.2) is 11.5 Å². The lowest BCUT2D eigenvalue weighted by Crippen LogP contribution is -2.21. The predicted octanol–water partition coefficient (Wildman–Crippen LogP) is 3.12. The third kappa shape index (κ3) is 4.36. The molecule has 7 heteroatoms. The minimum absolute atomic E-state index is 0.0726. The van der Waals surface area contributed by atoms with Gasteiger partial charge < -0.3 is 19.4 Å². The van der Waals surface area contributed by atoms with Gasteiger partial charge in [-0.3, -0.25) is 0 Å². The van der Waals surface area contributed by atoms with Crippen molar-refractivity contribution in [3.8, 4) is 11.5 Å².